The average Bonchev–Trinajstić information content (AvgIpc) is 3.14. The lowest BCUT2D eigenvalue weighted by atomic mass is 10.2. The highest BCUT2D eigenvalue weighted by Gasteiger charge is 2.23. The van der Waals surface area contributed by atoms with Crippen molar-refractivity contribution in [3.8, 4) is 0 Å². The lowest BCUT2D eigenvalue weighted by Crippen LogP contribution is -2.30. The molecule has 0 spiro atoms. The van der Waals surface area contributed by atoms with Crippen molar-refractivity contribution in [3.05, 3.63) is 54.0 Å². The normalized spacial score (nSPS) is 11.9. The molecular weight excluding hydrogens is 429 g/mol. The van der Waals surface area contributed by atoms with Gasteiger partial charge in [0.05, 0.1) is 10.6 Å². The third-order valence-corrected chi connectivity index (χ3v) is 7.43. The second-order valence-electron chi connectivity index (χ2n) is 6.32. The number of amides is 1. The summed E-state index contributed by atoms with van der Waals surface area (Å²) in [5.41, 5.74) is 0.873. The van der Waals surface area contributed by atoms with Gasteiger partial charge in [0, 0.05) is 31.4 Å². The predicted octanol–water partition coefficient (Wildman–Crippen LogP) is 2.31. The van der Waals surface area contributed by atoms with Crippen LogP contribution in [0.5, 0.6) is 0 Å². The Bertz CT molecular complexity index is 1150. The minimum atomic E-state index is -3.63. The number of benzene rings is 1. The summed E-state index contributed by atoms with van der Waals surface area (Å²) in [5.74, 6) is -0.648. The van der Waals surface area contributed by atoms with Crippen molar-refractivity contribution in [1.29, 1.82) is 0 Å². The Labute approximate surface area is 178 Å². The fourth-order valence-electron chi connectivity index (χ4n) is 2.83. The zero-order valence-corrected chi connectivity index (χ0v) is 18.2. The molecule has 1 amide bonds. The van der Waals surface area contributed by atoms with Crippen LogP contribution >= 0.6 is 11.8 Å². The van der Waals surface area contributed by atoms with Gasteiger partial charge in [-0.15, -0.1) is 10.2 Å². The minimum Gasteiger partial charge on any atom is -0.351 e. The van der Waals surface area contributed by atoms with Gasteiger partial charge in [-0.2, -0.15) is 4.31 Å². The van der Waals surface area contributed by atoms with Crippen molar-refractivity contribution < 1.29 is 17.6 Å². The van der Waals surface area contributed by atoms with E-state index in [0.717, 1.165) is 11.8 Å². The number of halogens is 1. The van der Waals surface area contributed by atoms with Crippen molar-refractivity contribution in [1.82, 2.24) is 24.2 Å². The molecule has 30 heavy (non-hydrogen) atoms. The molecule has 1 N–H and O–H groups in total. The molecule has 0 atom stereocenters. The molecule has 0 unspecified atom stereocenters. The monoisotopic (exact) mass is 451 g/mol. The number of sulfonamides is 1. The van der Waals surface area contributed by atoms with Gasteiger partial charge in [0.2, 0.25) is 15.9 Å². The smallest absolute Gasteiger partial charge is 0.244 e. The quantitative estimate of drug-likeness (QED) is 0.502. The number of fused-ring (bicyclic) bond motifs is 1. The van der Waals surface area contributed by atoms with Crippen LogP contribution in [-0.4, -0.2) is 52.1 Å². The fourth-order valence-corrected chi connectivity index (χ4v) is 5.03. The number of nitrogens with zero attached hydrogens (tertiary/aromatic N) is 4. The third-order valence-electron chi connectivity index (χ3n) is 4.45. The second kappa shape index (κ2) is 9.54. The summed E-state index contributed by atoms with van der Waals surface area (Å²) >= 11 is 1.12. The molecule has 0 saturated heterocycles. The number of carbonyl (C=O) groups is 1. The summed E-state index contributed by atoms with van der Waals surface area (Å²) in [7, 11) is -3.63. The first-order valence-electron chi connectivity index (χ1n) is 9.34. The van der Waals surface area contributed by atoms with E-state index in [-0.39, 0.29) is 28.9 Å². The van der Waals surface area contributed by atoms with E-state index in [0.29, 0.717) is 29.5 Å². The first-order chi connectivity index (χ1) is 14.4. The minimum absolute atomic E-state index is 0.0300. The predicted molar refractivity (Wildman–Crippen MR) is 112 cm³/mol. The van der Waals surface area contributed by atoms with E-state index in [2.05, 4.69) is 15.5 Å². The Morgan fingerprint density at radius 3 is 2.60 bits per heavy atom. The fraction of sp³-hybridized carbons (Fsp3) is 0.316. The summed E-state index contributed by atoms with van der Waals surface area (Å²) in [5, 5.41) is 11.1. The van der Waals surface area contributed by atoms with Crippen LogP contribution in [0.15, 0.2) is 52.6 Å². The molecular formula is C19H22FN5O3S2. The summed E-state index contributed by atoms with van der Waals surface area (Å²) in [4.78, 5) is 12.3. The molecule has 2 aromatic heterocycles. The van der Waals surface area contributed by atoms with Crippen LogP contribution in [0.2, 0.25) is 0 Å². The molecule has 0 fully saturated rings. The Morgan fingerprint density at radius 1 is 1.17 bits per heavy atom. The number of pyridine rings is 1. The highest BCUT2D eigenvalue weighted by atomic mass is 32.2. The molecule has 11 heteroatoms. The maximum Gasteiger partial charge on any atom is 0.244 e. The highest BCUT2D eigenvalue weighted by Crippen LogP contribution is 2.21. The second-order valence-corrected chi connectivity index (χ2v) is 9.20. The molecule has 0 aliphatic carbocycles. The summed E-state index contributed by atoms with van der Waals surface area (Å²) in [6.45, 7) is 4.36. The van der Waals surface area contributed by atoms with E-state index in [9.17, 15) is 17.6 Å². The first kappa shape index (κ1) is 22.2. The van der Waals surface area contributed by atoms with Crippen molar-refractivity contribution in [2.75, 3.05) is 18.8 Å². The Balaban J connectivity index is 1.71. The molecule has 0 bridgehead atoms. The van der Waals surface area contributed by atoms with Crippen LogP contribution in [-0.2, 0) is 21.4 Å². The number of hydrogen-bond donors (Lipinski definition) is 1. The number of nitrogens with one attached hydrogen (secondary N) is 1. The Hall–Kier alpha value is -2.50. The number of thioether (sulfide) groups is 1. The largest absolute Gasteiger partial charge is 0.351 e. The van der Waals surface area contributed by atoms with Gasteiger partial charge < -0.3 is 5.32 Å². The van der Waals surface area contributed by atoms with Gasteiger partial charge in [-0.05, 0) is 18.2 Å². The van der Waals surface area contributed by atoms with E-state index >= 15 is 0 Å². The van der Waals surface area contributed by atoms with Crippen LogP contribution in [0.25, 0.3) is 5.65 Å². The highest BCUT2D eigenvalue weighted by molar-refractivity contribution is 7.99. The van der Waals surface area contributed by atoms with E-state index in [1.54, 1.807) is 42.5 Å². The average molecular weight is 452 g/mol. The van der Waals surface area contributed by atoms with Crippen molar-refractivity contribution in [2.24, 2.45) is 0 Å². The van der Waals surface area contributed by atoms with Crippen molar-refractivity contribution >= 4 is 33.3 Å². The number of carbonyl (C=O) groups excluding carboxylic acids is 1. The van der Waals surface area contributed by atoms with Gasteiger partial charge in [0.25, 0.3) is 0 Å². The van der Waals surface area contributed by atoms with Crippen LogP contribution in [0.4, 0.5) is 4.39 Å². The summed E-state index contributed by atoms with van der Waals surface area (Å²) in [6.07, 6.45) is 1.46. The van der Waals surface area contributed by atoms with Crippen molar-refractivity contribution in [2.45, 2.75) is 30.4 Å². The molecule has 0 radical (unpaired) electrons. The van der Waals surface area contributed by atoms with Gasteiger partial charge in [0.15, 0.2) is 10.8 Å². The van der Waals surface area contributed by atoms with E-state index in [4.69, 9.17) is 0 Å². The van der Waals surface area contributed by atoms with E-state index in [1.807, 2.05) is 0 Å². The Kier molecular flexibility index (Phi) is 7.06. The standard InChI is InChI=1S/C19H22FN5O3S2/c1-3-24(4-2)30(27,28)15-9-10-17-22-23-19(25(17)12-15)29-13-18(26)21-11-14-7-5-6-8-16(14)20/h5-10,12H,3-4,11,13H2,1-2H3,(H,21,26). The molecule has 160 valence electrons. The van der Waals surface area contributed by atoms with Gasteiger partial charge in [-0.3, -0.25) is 9.20 Å². The van der Waals surface area contributed by atoms with Crippen LogP contribution in [0.1, 0.15) is 19.4 Å². The molecule has 1 aromatic carbocycles. The SMILES string of the molecule is CCN(CC)S(=O)(=O)c1ccc2nnc(SCC(=O)NCc3ccccc3F)n2c1. The topological polar surface area (TPSA) is 96.7 Å². The van der Waals surface area contributed by atoms with Crippen LogP contribution < -0.4 is 5.32 Å². The number of rotatable bonds is 9. The van der Waals surface area contributed by atoms with Gasteiger partial charge in [-0.1, -0.05) is 43.8 Å². The Morgan fingerprint density at radius 2 is 1.90 bits per heavy atom. The van der Waals surface area contributed by atoms with Gasteiger partial charge >= 0.3 is 0 Å². The molecule has 0 aliphatic rings. The van der Waals surface area contributed by atoms with Gasteiger partial charge in [-0.25, -0.2) is 12.8 Å². The van der Waals surface area contributed by atoms with E-state index in [1.165, 1.54) is 22.6 Å². The number of aromatic nitrogens is 3. The summed E-state index contributed by atoms with van der Waals surface area (Å²) in [6, 6.07) is 9.29. The molecule has 3 rings (SSSR count). The molecule has 2 heterocycles. The molecule has 8 nitrogen and oxygen atoms in total. The number of hydrogen-bond acceptors (Lipinski definition) is 6. The third kappa shape index (κ3) is 4.79. The maximum absolute atomic E-state index is 13.6. The maximum atomic E-state index is 13.6. The molecule has 0 aliphatic heterocycles. The van der Waals surface area contributed by atoms with Crippen LogP contribution in [0.3, 0.4) is 0 Å². The lowest BCUT2D eigenvalue weighted by molar-refractivity contribution is -0.118. The zero-order valence-electron chi connectivity index (χ0n) is 16.6. The summed E-state index contributed by atoms with van der Waals surface area (Å²) < 4.78 is 42.1. The molecule has 3 aromatic rings. The van der Waals surface area contributed by atoms with Gasteiger partial charge in [0.1, 0.15) is 5.82 Å². The van der Waals surface area contributed by atoms with E-state index < -0.39 is 10.0 Å². The lowest BCUT2D eigenvalue weighted by Gasteiger charge is -2.18. The first-order valence-corrected chi connectivity index (χ1v) is 11.8. The zero-order chi connectivity index (χ0) is 21.7. The molecule has 0 saturated carbocycles. The van der Waals surface area contributed by atoms with Crippen molar-refractivity contribution in [3.63, 3.8) is 0 Å². The van der Waals surface area contributed by atoms with Crippen LogP contribution in [0, 0.1) is 5.82 Å².